The van der Waals surface area contributed by atoms with Crippen LogP contribution in [0.2, 0.25) is 0 Å². The number of fused-ring (bicyclic) bond motifs is 1. The number of carboxylic acid groups (broad SMARTS) is 1. The summed E-state index contributed by atoms with van der Waals surface area (Å²) >= 11 is 0. The molecule has 1 aliphatic rings. The molecule has 2 aromatic carbocycles. The number of ether oxygens (including phenoxy) is 1. The van der Waals surface area contributed by atoms with Crippen LogP contribution >= 0.6 is 0 Å². The van der Waals surface area contributed by atoms with E-state index in [2.05, 4.69) is 19.1 Å². The SMILES string of the molecule is CC.CC.CC(=O)[O-].C[C@H]1COc2ccccc2[C@@H]1O.Cc1ccccc1. The molecule has 0 aromatic heterocycles. The predicted octanol–water partition coefficient (Wildman–Crippen LogP) is 4.55. The van der Waals surface area contributed by atoms with E-state index < -0.39 is 5.97 Å². The van der Waals surface area contributed by atoms with Crippen molar-refractivity contribution in [1.82, 2.24) is 0 Å². The fourth-order valence-corrected chi connectivity index (χ4v) is 2.01. The maximum absolute atomic E-state index is 9.75. The molecule has 152 valence electrons. The first-order valence-electron chi connectivity index (χ1n) is 9.50. The highest BCUT2D eigenvalue weighted by atomic mass is 16.5. The minimum absolute atomic E-state index is 0.194. The van der Waals surface area contributed by atoms with Crippen LogP contribution in [0.5, 0.6) is 5.75 Å². The number of hydrogen-bond acceptors (Lipinski definition) is 4. The van der Waals surface area contributed by atoms with Crippen molar-refractivity contribution in [3.8, 4) is 5.75 Å². The van der Waals surface area contributed by atoms with Crippen LogP contribution in [0.4, 0.5) is 0 Å². The summed E-state index contributed by atoms with van der Waals surface area (Å²) in [7, 11) is 0. The van der Waals surface area contributed by atoms with Gasteiger partial charge in [-0.3, -0.25) is 0 Å². The monoisotopic (exact) mass is 375 g/mol. The number of carbonyl (C=O) groups excluding carboxylic acids is 1. The van der Waals surface area contributed by atoms with Crippen LogP contribution in [-0.4, -0.2) is 17.7 Å². The lowest BCUT2D eigenvalue weighted by atomic mass is 9.95. The molecular formula is C23H35O4-. The summed E-state index contributed by atoms with van der Waals surface area (Å²) in [6, 6.07) is 17.9. The molecule has 0 aliphatic carbocycles. The Morgan fingerprint density at radius 3 is 1.89 bits per heavy atom. The van der Waals surface area contributed by atoms with E-state index in [-0.39, 0.29) is 12.0 Å². The molecule has 0 saturated carbocycles. The maximum Gasteiger partial charge on any atom is 0.125 e. The molecule has 1 aliphatic heterocycles. The molecule has 2 aromatic rings. The zero-order valence-electron chi connectivity index (χ0n) is 17.7. The molecule has 0 radical (unpaired) electrons. The van der Waals surface area contributed by atoms with Crippen molar-refractivity contribution in [1.29, 1.82) is 0 Å². The molecule has 1 heterocycles. The van der Waals surface area contributed by atoms with Gasteiger partial charge in [-0.15, -0.1) is 0 Å². The molecule has 1 N–H and O–H groups in total. The van der Waals surface area contributed by atoms with Gasteiger partial charge in [0, 0.05) is 17.5 Å². The maximum atomic E-state index is 9.75. The number of carboxylic acids is 1. The van der Waals surface area contributed by atoms with Gasteiger partial charge in [-0.25, -0.2) is 0 Å². The lowest BCUT2D eigenvalue weighted by Crippen LogP contribution is -2.23. The van der Waals surface area contributed by atoms with Crippen molar-refractivity contribution < 1.29 is 19.7 Å². The summed E-state index contributed by atoms with van der Waals surface area (Å²) in [5, 5.41) is 18.6. The van der Waals surface area contributed by atoms with Crippen LogP contribution in [0.15, 0.2) is 54.6 Å². The van der Waals surface area contributed by atoms with E-state index in [9.17, 15) is 5.11 Å². The third-order valence-corrected chi connectivity index (χ3v) is 3.22. The Morgan fingerprint density at radius 1 is 1.00 bits per heavy atom. The van der Waals surface area contributed by atoms with E-state index in [1.54, 1.807) is 0 Å². The summed E-state index contributed by atoms with van der Waals surface area (Å²) in [6.07, 6.45) is -0.366. The molecule has 0 spiro atoms. The lowest BCUT2D eigenvalue weighted by Gasteiger charge is -2.27. The Hall–Kier alpha value is -2.33. The molecule has 0 unspecified atom stereocenters. The Labute approximate surface area is 164 Å². The summed E-state index contributed by atoms with van der Waals surface area (Å²) in [5.74, 6) is -0.0667. The second-order valence-corrected chi connectivity index (χ2v) is 5.42. The van der Waals surface area contributed by atoms with Crippen LogP contribution in [0.3, 0.4) is 0 Å². The van der Waals surface area contributed by atoms with Gasteiger partial charge in [-0.1, -0.05) is 88.7 Å². The molecule has 27 heavy (non-hydrogen) atoms. The van der Waals surface area contributed by atoms with Crippen LogP contribution in [0, 0.1) is 12.8 Å². The van der Waals surface area contributed by atoms with Gasteiger partial charge in [0.1, 0.15) is 5.75 Å². The Bertz CT molecular complexity index is 592. The topological polar surface area (TPSA) is 69.6 Å². The number of aliphatic hydroxyl groups excluding tert-OH is 1. The smallest absolute Gasteiger partial charge is 0.125 e. The van der Waals surface area contributed by atoms with Crippen molar-refractivity contribution in [2.45, 2.75) is 54.6 Å². The van der Waals surface area contributed by atoms with Gasteiger partial charge in [-0.2, -0.15) is 0 Å². The van der Waals surface area contributed by atoms with E-state index >= 15 is 0 Å². The molecule has 2 atom stereocenters. The fraction of sp³-hybridized carbons (Fsp3) is 0.435. The molecular weight excluding hydrogens is 340 g/mol. The molecule has 4 nitrogen and oxygen atoms in total. The highest BCUT2D eigenvalue weighted by Crippen LogP contribution is 2.34. The first-order chi connectivity index (χ1) is 12.9. The molecule has 0 amide bonds. The Morgan fingerprint density at radius 2 is 1.44 bits per heavy atom. The average Bonchev–Trinajstić information content (AvgIpc) is 2.69. The van der Waals surface area contributed by atoms with Crippen LogP contribution in [0.1, 0.15) is 58.8 Å². The summed E-state index contributed by atoms with van der Waals surface area (Å²) in [6.45, 7) is 13.7. The highest BCUT2D eigenvalue weighted by Gasteiger charge is 2.24. The average molecular weight is 376 g/mol. The van der Waals surface area contributed by atoms with Crippen LogP contribution in [-0.2, 0) is 4.79 Å². The molecule has 0 fully saturated rings. The second kappa shape index (κ2) is 17.1. The van der Waals surface area contributed by atoms with Gasteiger partial charge in [0.15, 0.2) is 0 Å². The second-order valence-electron chi connectivity index (χ2n) is 5.42. The van der Waals surface area contributed by atoms with E-state index in [1.807, 2.05) is 77.1 Å². The first-order valence-corrected chi connectivity index (χ1v) is 9.50. The van der Waals surface area contributed by atoms with Gasteiger partial charge in [-0.05, 0) is 19.9 Å². The first kappa shape index (κ1) is 26.9. The molecule has 4 heteroatoms. The number of rotatable bonds is 0. The van der Waals surface area contributed by atoms with Crippen molar-refractivity contribution in [2.24, 2.45) is 5.92 Å². The van der Waals surface area contributed by atoms with Crippen LogP contribution < -0.4 is 9.84 Å². The van der Waals surface area contributed by atoms with Gasteiger partial charge in [0.2, 0.25) is 0 Å². The molecule has 0 saturated heterocycles. The minimum atomic E-state index is -1.08. The van der Waals surface area contributed by atoms with Gasteiger partial charge in [0.05, 0.1) is 12.7 Å². The standard InChI is InChI=1S/C10H12O2.C7H8.C2H4O2.2C2H6/c1-7-6-12-9-5-3-2-4-8(9)10(7)11;1-7-5-3-2-4-6-7;1-2(3)4;2*1-2/h2-5,7,10-11H,6H2,1H3;2-6H,1H3;1H3,(H,3,4);2*1-2H3/p-1/t7-,10+;;;;/m0..../s1. The van der Waals surface area contributed by atoms with E-state index in [0.717, 1.165) is 18.2 Å². The minimum Gasteiger partial charge on any atom is -0.550 e. The van der Waals surface area contributed by atoms with Gasteiger partial charge < -0.3 is 19.7 Å². The summed E-state index contributed by atoms with van der Waals surface area (Å²) in [4.78, 5) is 8.89. The number of aliphatic carboxylic acids is 1. The number of benzene rings is 2. The van der Waals surface area contributed by atoms with Gasteiger partial charge >= 0.3 is 0 Å². The normalized spacial score (nSPS) is 15.9. The third-order valence-electron chi connectivity index (χ3n) is 3.22. The number of aliphatic hydroxyl groups is 1. The van der Waals surface area contributed by atoms with Crippen molar-refractivity contribution in [3.63, 3.8) is 0 Å². The highest BCUT2D eigenvalue weighted by molar-refractivity contribution is 5.60. The third kappa shape index (κ3) is 12.6. The number of carbonyl (C=O) groups is 1. The van der Waals surface area contributed by atoms with Gasteiger partial charge in [0.25, 0.3) is 0 Å². The van der Waals surface area contributed by atoms with Crippen molar-refractivity contribution in [2.75, 3.05) is 6.61 Å². The predicted molar refractivity (Wildman–Crippen MR) is 111 cm³/mol. The Kier molecular flexibility index (Phi) is 17.0. The lowest BCUT2D eigenvalue weighted by molar-refractivity contribution is -0.302. The molecule has 0 bridgehead atoms. The van der Waals surface area contributed by atoms with E-state index in [0.29, 0.717) is 6.61 Å². The Balaban J connectivity index is 0. The largest absolute Gasteiger partial charge is 0.550 e. The van der Waals surface area contributed by atoms with Crippen molar-refractivity contribution in [3.05, 3.63) is 65.7 Å². The fourth-order valence-electron chi connectivity index (χ4n) is 2.01. The number of aryl methyl sites for hydroxylation is 1. The zero-order valence-corrected chi connectivity index (χ0v) is 17.7. The zero-order chi connectivity index (χ0) is 21.2. The molecule has 3 rings (SSSR count). The van der Waals surface area contributed by atoms with E-state index in [1.165, 1.54) is 5.56 Å². The van der Waals surface area contributed by atoms with Crippen molar-refractivity contribution >= 4 is 5.97 Å². The summed E-state index contributed by atoms with van der Waals surface area (Å²) in [5.41, 5.74) is 2.23. The number of hydrogen-bond donors (Lipinski definition) is 1. The number of para-hydroxylation sites is 1. The summed E-state index contributed by atoms with van der Waals surface area (Å²) < 4.78 is 5.45. The quantitative estimate of drug-likeness (QED) is 0.733. The van der Waals surface area contributed by atoms with Crippen LogP contribution in [0.25, 0.3) is 0 Å². The van der Waals surface area contributed by atoms with E-state index in [4.69, 9.17) is 14.6 Å².